The Hall–Kier alpha value is -2.25. The van der Waals surface area contributed by atoms with E-state index in [9.17, 15) is 18.0 Å². The van der Waals surface area contributed by atoms with Gasteiger partial charge in [-0.1, -0.05) is 11.6 Å². The monoisotopic (exact) mass is 485 g/mol. The Morgan fingerprint density at radius 1 is 1.16 bits per heavy atom. The lowest BCUT2D eigenvalue weighted by molar-refractivity contribution is 0.0844. The fraction of sp³-hybridized carbons (Fsp3) is 0.389. The Bertz CT molecular complexity index is 1100. The SMILES string of the molecule is O=C(NNC(=O)c1csc(N2CCOCC2)n1)c1ccc(Cl)c(S(=O)(=O)NC2CC2)c1. The molecule has 2 fully saturated rings. The van der Waals surface area contributed by atoms with Crippen molar-refractivity contribution in [2.24, 2.45) is 0 Å². The highest BCUT2D eigenvalue weighted by atomic mass is 35.5. The highest BCUT2D eigenvalue weighted by Gasteiger charge is 2.29. The number of thiazole rings is 1. The lowest BCUT2D eigenvalue weighted by Crippen LogP contribution is -2.42. The Morgan fingerprint density at radius 3 is 2.58 bits per heavy atom. The summed E-state index contributed by atoms with van der Waals surface area (Å²) in [6.45, 7) is 2.60. The number of benzene rings is 1. The molecular formula is C18H20ClN5O5S2. The number of nitrogens with one attached hydrogen (secondary N) is 3. The van der Waals surface area contributed by atoms with Gasteiger partial charge in [-0.15, -0.1) is 11.3 Å². The number of hydrogen-bond donors (Lipinski definition) is 3. The van der Waals surface area contributed by atoms with Crippen molar-refractivity contribution in [1.29, 1.82) is 0 Å². The number of ether oxygens (including phenoxy) is 1. The summed E-state index contributed by atoms with van der Waals surface area (Å²) in [7, 11) is -3.84. The number of nitrogens with zero attached hydrogens (tertiary/aromatic N) is 2. The van der Waals surface area contributed by atoms with Crippen LogP contribution in [0.15, 0.2) is 28.5 Å². The smallest absolute Gasteiger partial charge is 0.289 e. The molecule has 31 heavy (non-hydrogen) atoms. The molecule has 1 aliphatic carbocycles. The van der Waals surface area contributed by atoms with Crippen LogP contribution in [-0.4, -0.2) is 57.6 Å². The molecule has 0 atom stereocenters. The molecule has 3 N–H and O–H groups in total. The van der Waals surface area contributed by atoms with Crippen LogP contribution in [-0.2, 0) is 14.8 Å². The minimum atomic E-state index is -3.84. The number of sulfonamides is 1. The number of anilines is 1. The molecule has 0 radical (unpaired) electrons. The van der Waals surface area contributed by atoms with Crippen molar-refractivity contribution >= 4 is 49.9 Å². The predicted octanol–water partition coefficient (Wildman–Crippen LogP) is 1.15. The third-order valence-corrected chi connectivity index (χ3v) is 7.58. The van der Waals surface area contributed by atoms with Crippen LogP contribution in [0.5, 0.6) is 0 Å². The second-order valence-corrected chi connectivity index (χ2v) is 9.99. The number of rotatable bonds is 6. The molecule has 13 heteroatoms. The summed E-state index contributed by atoms with van der Waals surface area (Å²) in [5.41, 5.74) is 4.77. The van der Waals surface area contributed by atoms with Crippen LogP contribution in [0.1, 0.15) is 33.7 Å². The van der Waals surface area contributed by atoms with Crippen molar-refractivity contribution in [2.45, 2.75) is 23.8 Å². The molecule has 1 aromatic heterocycles. The molecule has 4 rings (SSSR count). The van der Waals surface area contributed by atoms with Gasteiger partial charge < -0.3 is 9.64 Å². The zero-order valence-corrected chi connectivity index (χ0v) is 18.6. The van der Waals surface area contributed by atoms with E-state index in [4.69, 9.17) is 16.3 Å². The highest BCUT2D eigenvalue weighted by Crippen LogP contribution is 2.27. The second kappa shape index (κ2) is 9.09. The van der Waals surface area contributed by atoms with E-state index in [1.807, 2.05) is 4.90 Å². The Kier molecular flexibility index (Phi) is 6.44. The predicted molar refractivity (Wildman–Crippen MR) is 115 cm³/mol. The third-order valence-electron chi connectivity index (χ3n) is 4.68. The number of hydrogen-bond acceptors (Lipinski definition) is 8. The van der Waals surface area contributed by atoms with Gasteiger partial charge in [0.2, 0.25) is 10.0 Å². The number of amides is 2. The van der Waals surface area contributed by atoms with Crippen LogP contribution < -0.4 is 20.5 Å². The standard InChI is InChI=1S/C18H20ClN5O5S2/c19-13-4-1-11(9-15(13)31(27,28)23-12-2-3-12)16(25)21-22-17(26)14-10-30-18(20-14)24-5-7-29-8-6-24/h1,4,9-10,12,23H,2-3,5-8H2,(H,21,25)(H,22,26). The number of halogens is 1. The molecule has 10 nitrogen and oxygen atoms in total. The Morgan fingerprint density at radius 2 is 1.87 bits per heavy atom. The normalized spacial score (nSPS) is 16.7. The van der Waals surface area contributed by atoms with Crippen LogP contribution in [0, 0.1) is 0 Å². The molecule has 2 amide bonds. The summed E-state index contributed by atoms with van der Waals surface area (Å²) in [5.74, 6) is -1.27. The van der Waals surface area contributed by atoms with Crippen LogP contribution in [0.3, 0.4) is 0 Å². The summed E-state index contributed by atoms with van der Waals surface area (Å²) >= 11 is 7.35. The van der Waals surface area contributed by atoms with E-state index in [1.54, 1.807) is 5.38 Å². The Labute approximate surface area is 188 Å². The first-order chi connectivity index (χ1) is 14.8. The van der Waals surface area contributed by atoms with Gasteiger partial charge in [0.05, 0.1) is 18.2 Å². The zero-order valence-electron chi connectivity index (χ0n) is 16.3. The average Bonchev–Trinajstić information content (AvgIpc) is 3.42. The molecule has 166 valence electrons. The minimum Gasteiger partial charge on any atom is -0.378 e. The van der Waals surface area contributed by atoms with Gasteiger partial charge in [-0.05, 0) is 31.0 Å². The van der Waals surface area contributed by atoms with E-state index >= 15 is 0 Å². The van der Waals surface area contributed by atoms with Gasteiger partial charge in [0.1, 0.15) is 10.6 Å². The third kappa shape index (κ3) is 5.33. The summed E-state index contributed by atoms with van der Waals surface area (Å²) < 4.78 is 32.7. The summed E-state index contributed by atoms with van der Waals surface area (Å²) in [6.07, 6.45) is 1.54. The number of carbonyl (C=O) groups excluding carboxylic acids is 2. The van der Waals surface area contributed by atoms with Crippen molar-refractivity contribution in [1.82, 2.24) is 20.6 Å². The van der Waals surface area contributed by atoms with E-state index in [-0.39, 0.29) is 27.2 Å². The number of carbonyl (C=O) groups is 2. The summed E-state index contributed by atoms with van der Waals surface area (Å²) in [4.78, 5) is 30.9. The first kappa shape index (κ1) is 22.0. The Balaban J connectivity index is 1.39. The van der Waals surface area contributed by atoms with E-state index in [2.05, 4.69) is 20.6 Å². The molecule has 0 spiro atoms. The fourth-order valence-electron chi connectivity index (χ4n) is 2.85. The first-order valence-corrected chi connectivity index (χ1v) is 12.3. The average molecular weight is 486 g/mol. The molecule has 1 aromatic carbocycles. The second-order valence-electron chi connectivity index (χ2n) is 7.06. The first-order valence-electron chi connectivity index (χ1n) is 9.54. The van der Waals surface area contributed by atoms with Gasteiger partial charge in [0, 0.05) is 30.1 Å². The van der Waals surface area contributed by atoms with Crippen molar-refractivity contribution in [2.75, 3.05) is 31.2 Å². The molecule has 0 unspecified atom stereocenters. The molecule has 1 aliphatic heterocycles. The maximum atomic E-state index is 12.4. The fourth-order valence-corrected chi connectivity index (χ4v) is 5.54. The molecule has 1 saturated heterocycles. The zero-order chi connectivity index (χ0) is 22.0. The number of morpholine rings is 1. The summed E-state index contributed by atoms with van der Waals surface area (Å²) in [6, 6.07) is 3.78. The number of aromatic nitrogens is 1. The van der Waals surface area contributed by atoms with Crippen molar-refractivity contribution in [3.8, 4) is 0 Å². The van der Waals surface area contributed by atoms with Gasteiger partial charge in [-0.2, -0.15) is 0 Å². The van der Waals surface area contributed by atoms with Crippen molar-refractivity contribution in [3.63, 3.8) is 0 Å². The van der Waals surface area contributed by atoms with Crippen LogP contribution >= 0.6 is 22.9 Å². The molecule has 2 aliphatic rings. The lowest BCUT2D eigenvalue weighted by Gasteiger charge is -2.25. The highest BCUT2D eigenvalue weighted by molar-refractivity contribution is 7.89. The lowest BCUT2D eigenvalue weighted by atomic mass is 10.2. The van der Waals surface area contributed by atoms with Crippen molar-refractivity contribution < 1.29 is 22.7 Å². The largest absolute Gasteiger partial charge is 0.378 e. The maximum absolute atomic E-state index is 12.4. The van der Waals surface area contributed by atoms with E-state index in [0.29, 0.717) is 31.4 Å². The maximum Gasteiger partial charge on any atom is 0.289 e. The van der Waals surface area contributed by atoms with Gasteiger partial charge in [0.15, 0.2) is 5.13 Å². The van der Waals surface area contributed by atoms with Crippen LogP contribution in [0.2, 0.25) is 5.02 Å². The van der Waals surface area contributed by atoms with E-state index in [1.165, 1.54) is 29.5 Å². The summed E-state index contributed by atoms with van der Waals surface area (Å²) in [5, 5.41) is 2.31. The van der Waals surface area contributed by atoms with Crippen molar-refractivity contribution in [3.05, 3.63) is 39.9 Å². The molecule has 1 saturated carbocycles. The minimum absolute atomic E-state index is 0.00634. The van der Waals surface area contributed by atoms with Gasteiger partial charge in [-0.25, -0.2) is 18.1 Å². The van der Waals surface area contributed by atoms with Crippen LogP contribution in [0.4, 0.5) is 5.13 Å². The molecule has 0 bridgehead atoms. The van der Waals surface area contributed by atoms with E-state index in [0.717, 1.165) is 12.8 Å². The number of hydrazine groups is 1. The van der Waals surface area contributed by atoms with Gasteiger partial charge in [0.25, 0.3) is 11.8 Å². The molecule has 2 heterocycles. The topological polar surface area (TPSA) is 130 Å². The molecular weight excluding hydrogens is 466 g/mol. The van der Waals surface area contributed by atoms with Crippen LogP contribution in [0.25, 0.3) is 0 Å². The van der Waals surface area contributed by atoms with Gasteiger partial charge in [-0.3, -0.25) is 20.4 Å². The quantitative estimate of drug-likeness (QED) is 0.523. The van der Waals surface area contributed by atoms with E-state index < -0.39 is 21.8 Å². The molecule has 2 aromatic rings. The van der Waals surface area contributed by atoms with Gasteiger partial charge >= 0.3 is 0 Å².